The summed E-state index contributed by atoms with van der Waals surface area (Å²) in [6.07, 6.45) is 2.54. The van der Waals surface area contributed by atoms with Gasteiger partial charge in [0.2, 0.25) is 0 Å². The van der Waals surface area contributed by atoms with Crippen LogP contribution in [0.15, 0.2) is 24.3 Å². The predicted molar refractivity (Wildman–Crippen MR) is 76.1 cm³/mol. The lowest BCUT2D eigenvalue weighted by Gasteiger charge is -2.37. The molecule has 1 aliphatic heterocycles. The Kier molecular flexibility index (Phi) is 4.59. The first-order chi connectivity index (χ1) is 9.11. The number of carbonyl (C=O) groups excluding carboxylic acids is 1. The number of esters is 1. The number of hydrogen-bond donors (Lipinski definition) is 0. The lowest BCUT2D eigenvalue weighted by Crippen LogP contribution is -2.40. The average Bonchev–Trinajstić information content (AvgIpc) is 2.42. The quantitative estimate of drug-likeness (QED) is 0.783. The van der Waals surface area contributed by atoms with Gasteiger partial charge in [-0.15, -0.1) is 0 Å². The van der Waals surface area contributed by atoms with Crippen LogP contribution < -0.4 is 0 Å². The summed E-state index contributed by atoms with van der Waals surface area (Å²) in [5.41, 5.74) is 1.76. The second-order valence-corrected chi connectivity index (χ2v) is 5.61. The molecular formula is C16H23NO2. The summed E-state index contributed by atoms with van der Waals surface area (Å²) in [5, 5.41) is 0. The van der Waals surface area contributed by atoms with Gasteiger partial charge in [-0.3, -0.25) is 4.90 Å². The number of likely N-dealkylation sites (tertiary alicyclic amines) is 1. The molecule has 0 spiro atoms. The molecule has 3 heteroatoms. The van der Waals surface area contributed by atoms with Gasteiger partial charge in [-0.2, -0.15) is 0 Å². The predicted octanol–water partition coefficient (Wildman–Crippen LogP) is 3.09. The van der Waals surface area contributed by atoms with E-state index in [9.17, 15) is 4.79 Å². The van der Waals surface area contributed by atoms with Crippen LogP contribution in [0.4, 0.5) is 0 Å². The van der Waals surface area contributed by atoms with Crippen molar-refractivity contribution in [3.8, 4) is 0 Å². The Labute approximate surface area is 115 Å². The van der Waals surface area contributed by atoms with Gasteiger partial charge in [0.25, 0.3) is 0 Å². The molecule has 0 bridgehead atoms. The maximum absolute atomic E-state index is 11.8. The molecular weight excluding hydrogens is 238 g/mol. The minimum atomic E-state index is -0.242. The first-order valence-corrected chi connectivity index (χ1v) is 7.02. The van der Waals surface area contributed by atoms with E-state index >= 15 is 0 Å². The Hall–Kier alpha value is -1.35. The number of benzene rings is 1. The first-order valence-electron chi connectivity index (χ1n) is 7.02. The minimum absolute atomic E-state index is 0.242. The first kappa shape index (κ1) is 14.1. The van der Waals surface area contributed by atoms with Crippen LogP contribution >= 0.6 is 0 Å². The molecule has 0 N–H and O–H groups in total. The third-order valence-corrected chi connectivity index (χ3v) is 4.04. The Morgan fingerprint density at radius 3 is 2.79 bits per heavy atom. The second kappa shape index (κ2) is 6.20. The molecule has 1 saturated heterocycles. The van der Waals surface area contributed by atoms with E-state index in [2.05, 4.69) is 18.7 Å². The summed E-state index contributed by atoms with van der Waals surface area (Å²) in [6, 6.07) is 8.33. The van der Waals surface area contributed by atoms with Crippen LogP contribution in [0.2, 0.25) is 0 Å². The van der Waals surface area contributed by atoms with E-state index in [1.807, 2.05) is 24.3 Å². The van der Waals surface area contributed by atoms with Gasteiger partial charge in [-0.1, -0.05) is 25.1 Å². The van der Waals surface area contributed by atoms with Crippen molar-refractivity contribution in [1.82, 2.24) is 4.90 Å². The molecule has 3 nitrogen and oxygen atoms in total. The van der Waals surface area contributed by atoms with Crippen molar-refractivity contribution in [3.05, 3.63) is 35.4 Å². The number of carbonyl (C=O) groups is 1. The van der Waals surface area contributed by atoms with E-state index < -0.39 is 0 Å². The Morgan fingerprint density at radius 1 is 1.32 bits per heavy atom. The number of methoxy groups -OCH3 is 1. The fourth-order valence-corrected chi connectivity index (χ4v) is 2.79. The van der Waals surface area contributed by atoms with Crippen LogP contribution in [0.3, 0.4) is 0 Å². The standard InChI is InChI=1S/C16H23NO2/c1-12-8-9-13(2)17(10-12)11-14-6-4-5-7-15(14)16(18)19-3/h4-7,12-13H,8-11H2,1-3H3. The molecule has 0 amide bonds. The highest BCUT2D eigenvalue weighted by atomic mass is 16.5. The van der Waals surface area contributed by atoms with Gasteiger partial charge in [0.1, 0.15) is 0 Å². The Balaban J connectivity index is 2.16. The van der Waals surface area contributed by atoms with Crippen molar-refractivity contribution < 1.29 is 9.53 Å². The van der Waals surface area contributed by atoms with E-state index in [0.717, 1.165) is 24.6 Å². The highest BCUT2D eigenvalue weighted by Gasteiger charge is 2.24. The molecule has 1 aromatic rings. The van der Waals surface area contributed by atoms with Gasteiger partial charge in [-0.05, 0) is 37.3 Å². The maximum atomic E-state index is 11.8. The van der Waals surface area contributed by atoms with Gasteiger partial charge in [0, 0.05) is 19.1 Å². The number of hydrogen-bond acceptors (Lipinski definition) is 3. The molecule has 0 radical (unpaired) electrons. The molecule has 1 fully saturated rings. The van der Waals surface area contributed by atoms with Crippen LogP contribution in [0.5, 0.6) is 0 Å². The molecule has 1 aromatic carbocycles. The third-order valence-electron chi connectivity index (χ3n) is 4.04. The summed E-state index contributed by atoms with van der Waals surface area (Å²) in [7, 11) is 1.44. The fourth-order valence-electron chi connectivity index (χ4n) is 2.79. The van der Waals surface area contributed by atoms with Crippen LogP contribution in [-0.4, -0.2) is 30.6 Å². The topological polar surface area (TPSA) is 29.5 Å². The molecule has 2 atom stereocenters. The van der Waals surface area contributed by atoms with Crippen LogP contribution in [0, 0.1) is 5.92 Å². The van der Waals surface area contributed by atoms with Crippen molar-refractivity contribution in [3.63, 3.8) is 0 Å². The summed E-state index contributed by atoms with van der Waals surface area (Å²) in [4.78, 5) is 14.2. The molecule has 19 heavy (non-hydrogen) atoms. The Morgan fingerprint density at radius 2 is 2.05 bits per heavy atom. The molecule has 0 saturated carbocycles. The van der Waals surface area contributed by atoms with E-state index in [1.54, 1.807) is 0 Å². The molecule has 104 valence electrons. The zero-order chi connectivity index (χ0) is 13.8. The van der Waals surface area contributed by atoms with E-state index in [-0.39, 0.29) is 5.97 Å². The largest absolute Gasteiger partial charge is 0.465 e. The average molecular weight is 261 g/mol. The number of ether oxygens (including phenoxy) is 1. The Bertz CT molecular complexity index is 444. The van der Waals surface area contributed by atoms with Crippen molar-refractivity contribution in [2.45, 2.75) is 39.3 Å². The zero-order valence-electron chi connectivity index (χ0n) is 12.1. The van der Waals surface area contributed by atoms with Gasteiger partial charge < -0.3 is 4.74 Å². The summed E-state index contributed by atoms with van der Waals surface area (Å²) >= 11 is 0. The van der Waals surface area contributed by atoms with Crippen molar-refractivity contribution in [2.24, 2.45) is 5.92 Å². The molecule has 0 aromatic heterocycles. The number of nitrogens with zero attached hydrogens (tertiary/aromatic N) is 1. The lowest BCUT2D eigenvalue weighted by atomic mass is 9.94. The van der Waals surface area contributed by atoms with Crippen LogP contribution in [-0.2, 0) is 11.3 Å². The third kappa shape index (κ3) is 3.35. The van der Waals surface area contributed by atoms with Crippen LogP contribution in [0.1, 0.15) is 42.6 Å². The van der Waals surface area contributed by atoms with Crippen molar-refractivity contribution >= 4 is 5.97 Å². The van der Waals surface area contributed by atoms with Crippen LogP contribution in [0.25, 0.3) is 0 Å². The van der Waals surface area contributed by atoms with Crippen molar-refractivity contribution in [2.75, 3.05) is 13.7 Å². The number of rotatable bonds is 3. The molecule has 2 rings (SSSR count). The smallest absolute Gasteiger partial charge is 0.338 e. The lowest BCUT2D eigenvalue weighted by molar-refractivity contribution is 0.0595. The minimum Gasteiger partial charge on any atom is -0.465 e. The second-order valence-electron chi connectivity index (χ2n) is 5.61. The fraction of sp³-hybridized carbons (Fsp3) is 0.562. The van der Waals surface area contributed by atoms with Gasteiger partial charge in [-0.25, -0.2) is 4.79 Å². The highest BCUT2D eigenvalue weighted by molar-refractivity contribution is 5.90. The normalized spacial score (nSPS) is 24.2. The number of piperidine rings is 1. The van der Waals surface area contributed by atoms with E-state index in [4.69, 9.17) is 4.74 Å². The monoisotopic (exact) mass is 261 g/mol. The highest BCUT2D eigenvalue weighted by Crippen LogP contribution is 2.24. The molecule has 1 heterocycles. The molecule has 0 aliphatic carbocycles. The summed E-state index contributed by atoms with van der Waals surface area (Å²) in [5.74, 6) is 0.495. The summed E-state index contributed by atoms with van der Waals surface area (Å²) < 4.78 is 4.86. The van der Waals surface area contributed by atoms with Gasteiger partial charge in [0.15, 0.2) is 0 Å². The van der Waals surface area contributed by atoms with Crippen molar-refractivity contribution in [1.29, 1.82) is 0 Å². The molecule has 2 unspecified atom stereocenters. The SMILES string of the molecule is COC(=O)c1ccccc1CN1CC(C)CCC1C. The van der Waals surface area contributed by atoms with Gasteiger partial charge in [0.05, 0.1) is 12.7 Å². The van der Waals surface area contributed by atoms with Gasteiger partial charge >= 0.3 is 5.97 Å². The van der Waals surface area contributed by atoms with E-state index in [1.165, 1.54) is 20.0 Å². The molecule has 1 aliphatic rings. The summed E-state index contributed by atoms with van der Waals surface area (Å²) in [6.45, 7) is 6.51. The zero-order valence-corrected chi connectivity index (χ0v) is 12.1. The van der Waals surface area contributed by atoms with E-state index in [0.29, 0.717) is 11.6 Å². The maximum Gasteiger partial charge on any atom is 0.338 e.